The number of hydrazine groups is 1. The van der Waals surface area contributed by atoms with E-state index in [0.717, 1.165) is 51.4 Å². The lowest BCUT2D eigenvalue weighted by atomic mass is 9.43. The second kappa shape index (κ2) is 8.02. The molecule has 6 heteroatoms. The predicted molar refractivity (Wildman–Crippen MR) is 115 cm³/mol. The number of hydrogen-bond donors (Lipinski definition) is 5. The molecular weight excluding hydrogens is 380 g/mol. The van der Waals surface area contributed by atoms with E-state index in [0.29, 0.717) is 36.0 Å². The topological polar surface area (TPSA) is 116 Å². The fourth-order valence-corrected chi connectivity index (χ4v) is 8.76. The molecule has 6 nitrogen and oxygen atoms in total. The van der Waals surface area contributed by atoms with Crippen molar-refractivity contribution >= 4 is 5.91 Å². The molecule has 0 heterocycles. The van der Waals surface area contributed by atoms with Gasteiger partial charge in [0, 0.05) is 6.42 Å². The van der Waals surface area contributed by atoms with E-state index < -0.39 is 0 Å². The molecule has 6 N–H and O–H groups in total. The third-order valence-electron chi connectivity index (χ3n) is 10.5. The minimum Gasteiger partial charge on any atom is -0.393 e. The number of carbonyl (C=O) groups excluding carboxylic acids is 1. The molecule has 4 fully saturated rings. The number of rotatable bonds is 4. The Kier molecular flexibility index (Phi) is 6.02. The Hall–Kier alpha value is -0.690. The summed E-state index contributed by atoms with van der Waals surface area (Å²) in [6.07, 6.45) is 6.50. The molecule has 0 saturated heterocycles. The number of aliphatic hydroxyl groups is 3. The van der Waals surface area contributed by atoms with Gasteiger partial charge in [0.15, 0.2) is 0 Å². The van der Waals surface area contributed by atoms with Crippen molar-refractivity contribution in [3.63, 3.8) is 0 Å². The van der Waals surface area contributed by atoms with Crippen LogP contribution in [0.5, 0.6) is 0 Å². The largest absolute Gasteiger partial charge is 0.393 e. The number of fused-ring (bicyclic) bond motifs is 5. The molecule has 4 rings (SSSR count). The van der Waals surface area contributed by atoms with Gasteiger partial charge in [0.25, 0.3) is 0 Å². The van der Waals surface area contributed by atoms with Crippen LogP contribution >= 0.6 is 0 Å². The molecule has 0 aromatic carbocycles. The normalized spacial score (nSPS) is 51.4. The summed E-state index contributed by atoms with van der Waals surface area (Å²) in [6, 6.07) is 0. The summed E-state index contributed by atoms with van der Waals surface area (Å²) < 4.78 is 0. The van der Waals surface area contributed by atoms with Crippen molar-refractivity contribution < 1.29 is 20.1 Å². The Bertz CT molecular complexity index is 659. The minimum atomic E-state index is -0.378. The predicted octanol–water partition coefficient (Wildman–Crippen LogP) is 2.35. The van der Waals surface area contributed by atoms with Crippen molar-refractivity contribution in [1.82, 2.24) is 5.43 Å². The van der Waals surface area contributed by atoms with Crippen LogP contribution in [0.1, 0.15) is 78.6 Å². The highest BCUT2D eigenvalue weighted by Crippen LogP contribution is 2.68. The molecule has 4 saturated carbocycles. The summed E-state index contributed by atoms with van der Waals surface area (Å²) in [5.74, 6) is 7.03. The van der Waals surface area contributed by atoms with Gasteiger partial charge in [-0.1, -0.05) is 20.8 Å². The van der Waals surface area contributed by atoms with E-state index in [1.54, 1.807) is 0 Å². The van der Waals surface area contributed by atoms with Crippen molar-refractivity contribution in [1.29, 1.82) is 0 Å². The monoisotopic (exact) mass is 422 g/mol. The Morgan fingerprint density at radius 2 is 1.83 bits per heavy atom. The maximum Gasteiger partial charge on any atom is 0.233 e. The highest BCUT2D eigenvalue weighted by atomic mass is 16.3. The van der Waals surface area contributed by atoms with Gasteiger partial charge in [-0.3, -0.25) is 10.2 Å². The molecule has 0 aliphatic heterocycles. The van der Waals surface area contributed by atoms with Gasteiger partial charge < -0.3 is 15.3 Å². The highest BCUT2D eigenvalue weighted by Gasteiger charge is 2.65. The zero-order chi connectivity index (χ0) is 21.8. The molecule has 1 unspecified atom stereocenters. The van der Waals surface area contributed by atoms with Gasteiger partial charge >= 0.3 is 0 Å². The maximum absolute atomic E-state index is 11.6. The van der Waals surface area contributed by atoms with E-state index in [1.807, 2.05) is 0 Å². The molecule has 4 aliphatic carbocycles. The maximum atomic E-state index is 11.6. The second-order valence-electron chi connectivity index (χ2n) is 11.6. The zero-order valence-electron chi connectivity index (χ0n) is 18.9. The molecule has 0 radical (unpaired) electrons. The van der Waals surface area contributed by atoms with Crippen LogP contribution in [0, 0.1) is 46.3 Å². The molecule has 4 aliphatic rings. The SMILES string of the molecule is CC(CCC(=O)NN)[C@H]1CC[C@H]2[C@@H]3[C@H](O)C[C@@H]4C[C@H](O)CC[C@]4(C)[C@H]3C[C@H](O)[C@]12C. The first-order chi connectivity index (χ1) is 14.1. The van der Waals surface area contributed by atoms with Gasteiger partial charge in [-0.05, 0) is 97.7 Å². The summed E-state index contributed by atoms with van der Waals surface area (Å²) in [4.78, 5) is 11.6. The van der Waals surface area contributed by atoms with E-state index >= 15 is 0 Å². The summed E-state index contributed by atoms with van der Waals surface area (Å²) >= 11 is 0. The smallest absolute Gasteiger partial charge is 0.233 e. The Balaban J connectivity index is 1.58. The Labute approximate surface area is 181 Å². The summed E-state index contributed by atoms with van der Waals surface area (Å²) in [6.45, 7) is 6.82. The standard InChI is InChI=1S/C24H42N2O4/c1-13(4-7-21(30)26-25)16-5-6-17-22-18(12-20(29)24(16,17)3)23(2)9-8-15(27)10-14(23)11-19(22)28/h13-20,22,27-29H,4-12,25H2,1-3H3,(H,26,30)/t13?,14-,15+,16+,17-,18-,19+,20-,22-,23-,24+/m0/s1. The molecule has 172 valence electrons. The highest BCUT2D eigenvalue weighted by molar-refractivity contribution is 5.75. The van der Waals surface area contributed by atoms with Crippen molar-refractivity contribution in [3.05, 3.63) is 0 Å². The molecule has 1 amide bonds. The Morgan fingerprint density at radius 3 is 2.53 bits per heavy atom. The average Bonchev–Trinajstić information content (AvgIpc) is 3.06. The molecule has 0 bridgehead atoms. The third kappa shape index (κ3) is 3.33. The van der Waals surface area contributed by atoms with E-state index in [-0.39, 0.29) is 41.0 Å². The van der Waals surface area contributed by atoms with Crippen LogP contribution in [0.2, 0.25) is 0 Å². The van der Waals surface area contributed by atoms with Crippen LogP contribution < -0.4 is 11.3 Å². The van der Waals surface area contributed by atoms with Gasteiger partial charge in [-0.25, -0.2) is 5.84 Å². The first kappa shape index (κ1) is 22.5. The van der Waals surface area contributed by atoms with Crippen LogP contribution in [0.25, 0.3) is 0 Å². The van der Waals surface area contributed by atoms with Gasteiger partial charge in [0.05, 0.1) is 18.3 Å². The van der Waals surface area contributed by atoms with Crippen LogP contribution in [0.15, 0.2) is 0 Å². The molecule has 0 spiro atoms. The second-order valence-corrected chi connectivity index (χ2v) is 11.6. The van der Waals surface area contributed by atoms with Crippen molar-refractivity contribution in [2.75, 3.05) is 0 Å². The van der Waals surface area contributed by atoms with Crippen LogP contribution in [0.4, 0.5) is 0 Å². The van der Waals surface area contributed by atoms with Crippen LogP contribution in [-0.4, -0.2) is 39.5 Å². The third-order valence-corrected chi connectivity index (χ3v) is 10.5. The van der Waals surface area contributed by atoms with Crippen LogP contribution in [-0.2, 0) is 4.79 Å². The molecular formula is C24H42N2O4. The lowest BCUT2D eigenvalue weighted by Gasteiger charge is -2.63. The quantitative estimate of drug-likeness (QED) is 0.271. The lowest BCUT2D eigenvalue weighted by molar-refractivity contribution is -0.207. The van der Waals surface area contributed by atoms with E-state index in [1.165, 1.54) is 0 Å². The summed E-state index contributed by atoms with van der Waals surface area (Å²) in [5.41, 5.74) is 2.12. The summed E-state index contributed by atoms with van der Waals surface area (Å²) in [7, 11) is 0. The van der Waals surface area contributed by atoms with Gasteiger partial charge in [-0.2, -0.15) is 0 Å². The van der Waals surface area contributed by atoms with E-state index in [4.69, 9.17) is 5.84 Å². The summed E-state index contributed by atoms with van der Waals surface area (Å²) in [5, 5.41) is 33.1. The van der Waals surface area contributed by atoms with E-state index in [2.05, 4.69) is 26.2 Å². The molecule has 0 aromatic heterocycles. The molecule has 0 aromatic rings. The molecule has 30 heavy (non-hydrogen) atoms. The number of aliphatic hydroxyl groups excluding tert-OH is 3. The number of nitrogens with two attached hydrogens (primary N) is 1. The van der Waals surface area contributed by atoms with E-state index in [9.17, 15) is 20.1 Å². The van der Waals surface area contributed by atoms with Gasteiger partial charge in [0.2, 0.25) is 5.91 Å². The first-order valence-electron chi connectivity index (χ1n) is 12.2. The fraction of sp³-hybridized carbons (Fsp3) is 0.958. The van der Waals surface area contributed by atoms with Crippen molar-refractivity contribution in [3.8, 4) is 0 Å². The van der Waals surface area contributed by atoms with Crippen LogP contribution in [0.3, 0.4) is 0 Å². The lowest BCUT2D eigenvalue weighted by Crippen LogP contribution is -2.62. The van der Waals surface area contributed by atoms with Crippen molar-refractivity contribution in [2.24, 2.45) is 52.2 Å². The number of hydrogen-bond acceptors (Lipinski definition) is 5. The Morgan fingerprint density at radius 1 is 1.10 bits per heavy atom. The number of nitrogens with one attached hydrogen (secondary N) is 1. The number of carbonyl (C=O) groups is 1. The zero-order valence-corrected chi connectivity index (χ0v) is 18.9. The van der Waals surface area contributed by atoms with Crippen molar-refractivity contribution in [2.45, 2.75) is 96.9 Å². The minimum absolute atomic E-state index is 0.106. The fourth-order valence-electron chi connectivity index (χ4n) is 8.76. The van der Waals surface area contributed by atoms with Gasteiger partial charge in [-0.15, -0.1) is 0 Å². The first-order valence-corrected chi connectivity index (χ1v) is 12.2. The number of amides is 1. The average molecular weight is 423 g/mol. The molecule has 11 atom stereocenters. The van der Waals surface area contributed by atoms with Gasteiger partial charge in [0.1, 0.15) is 0 Å².